The van der Waals surface area contributed by atoms with Gasteiger partial charge in [-0.25, -0.2) is 18.6 Å². The van der Waals surface area contributed by atoms with Crippen LogP contribution in [0.2, 0.25) is 0 Å². The average Bonchev–Trinajstić information content (AvgIpc) is 3.39. The lowest BCUT2D eigenvalue weighted by Crippen LogP contribution is -2.32. The van der Waals surface area contributed by atoms with E-state index >= 15 is 0 Å². The Hall–Kier alpha value is -3.41. The Morgan fingerprint density at radius 2 is 1.81 bits per heavy atom. The second-order valence-corrected chi connectivity index (χ2v) is 6.64. The van der Waals surface area contributed by atoms with E-state index in [0.717, 1.165) is 36.3 Å². The predicted molar refractivity (Wildman–Crippen MR) is 102 cm³/mol. The number of nitrogens with zero attached hydrogens (tertiary/aromatic N) is 3. The van der Waals surface area contributed by atoms with Gasteiger partial charge in [0.05, 0.1) is 17.6 Å². The summed E-state index contributed by atoms with van der Waals surface area (Å²) in [4.78, 5) is 17.9. The average molecular weight is 360 g/mol. The molecule has 1 aliphatic heterocycles. The second-order valence-electron chi connectivity index (χ2n) is 6.64. The van der Waals surface area contributed by atoms with E-state index in [1.54, 1.807) is 21.3 Å². The molecule has 2 aromatic carbocycles. The first-order chi connectivity index (χ1) is 13.2. The van der Waals surface area contributed by atoms with Crippen LogP contribution in [0.15, 0.2) is 65.6 Å². The van der Waals surface area contributed by atoms with Crippen molar-refractivity contribution in [2.24, 2.45) is 0 Å². The van der Waals surface area contributed by atoms with E-state index in [2.05, 4.69) is 5.32 Å². The molecule has 0 bridgehead atoms. The van der Waals surface area contributed by atoms with Crippen LogP contribution >= 0.6 is 0 Å². The number of benzene rings is 2. The first-order valence-corrected chi connectivity index (χ1v) is 8.95. The van der Waals surface area contributed by atoms with Gasteiger partial charge in [-0.15, -0.1) is 0 Å². The lowest BCUT2D eigenvalue weighted by atomic mass is 10.2. The van der Waals surface area contributed by atoms with Crippen molar-refractivity contribution in [3.8, 4) is 16.9 Å². The van der Waals surface area contributed by atoms with Crippen LogP contribution in [-0.2, 0) is 0 Å². The molecule has 0 saturated carbocycles. The van der Waals surface area contributed by atoms with Gasteiger partial charge in [-0.1, -0.05) is 18.2 Å². The second kappa shape index (κ2) is 6.09. The molecule has 134 valence electrons. The Kier molecular flexibility index (Phi) is 3.57. The lowest BCUT2D eigenvalue weighted by Gasteiger charge is -2.03. The van der Waals surface area contributed by atoms with Crippen molar-refractivity contribution >= 4 is 11.3 Å². The van der Waals surface area contributed by atoms with Gasteiger partial charge in [0.2, 0.25) is 0 Å². The normalized spacial score (nSPS) is 16.0. The molecular weight excluding hydrogens is 343 g/mol. The van der Waals surface area contributed by atoms with Gasteiger partial charge in [0.1, 0.15) is 11.0 Å². The summed E-state index contributed by atoms with van der Waals surface area (Å²) in [7, 11) is 0. The number of fused-ring (bicyclic) bond motifs is 1. The Balaban J connectivity index is 1.84. The van der Waals surface area contributed by atoms with Gasteiger partial charge in [-0.3, -0.25) is 4.79 Å². The van der Waals surface area contributed by atoms with Gasteiger partial charge >= 0.3 is 0 Å². The van der Waals surface area contributed by atoms with E-state index in [9.17, 15) is 9.18 Å². The minimum Gasteiger partial charge on any atom is -0.388 e. The van der Waals surface area contributed by atoms with Gasteiger partial charge in [0.25, 0.3) is 5.56 Å². The molecule has 0 amide bonds. The van der Waals surface area contributed by atoms with Crippen molar-refractivity contribution in [1.29, 1.82) is 0 Å². The Morgan fingerprint density at radius 1 is 1.04 bits per heavy atom. The molecule has 1 saturated heterocycles. The van der Waals surface area contributed by atoms with Crippen LogP contribution in [0.5, 0.6) is 0 Å². The Morgan fingerprint density at radius 3 is 2.52 bits per heavy atom. The van der Waals surface area contributed by atoms with E-state index in [0.29, 0.717) is 16.6 Å². The molecule has 0 atom stereocenters. The van der Waals surface area contributed by atoms with Crippen molar-refractivity contribution < 1.29 is 4.39 Å². The standard InChI is InChI=1S/C21H17FN4O/c22-15-10-8-14(9-11-15)18-13-25-20(24-18)19(17-7-4-12-23-17)21(27)26(25)16-5-2-1-3-6-16/h1-3,5-6,8-11,13,23H,4,7,12H2. The van der Waals surface area contributed by atoms with E-state index in [1.165, 1.54) is 12.1 Å². The van der Waals surface area contributed by atoms with Gasteiger partial charge in [0.15, 0.2) is 5.65 Å². The zero-order valence-corrected chi connectivity index (χ0v) is 14.5. The molecule has 4 aromatic rings. The molecule has 27 heavy (non-hydrogen) atoms. The molecule has 2 aromatic heterocycles. The molecular formula is C21H17FN4O. The lowest BCUT2D eigenvalue weighted by molar-refractivity contribution is 0.628. The molecule has 1 aliphatic rings. The number of hydrogen-bond donors (Lipinski definition) is 1. The fourth-order valence-corrected chi connectivity index (χ4v) is 3.63. The van der Waals surface area contributed by atoms with Gasteiger partial charge < -0.3 is 5.32 Å². The summed E-state index contributed by atoms with van der Waals surface area (Å²) in [6.07, 6.45) is 3.67. The molecule has 5 nitrogen and oxygen atoms in total. The van der Waals surface area contributed by atoms with Crippen LogP contribution in [0.25, 0.3) is 28.3 Å². The molecule has 3 heterocycles. The number of para-hydroxylation sites is 1. The highest BCUT2D eigenvalue weighted by Gasteiger charge is 2.20. The summed E-state index contributed by atoms with van der Waals surface area (Å²) >= 11 is 0. The molecule has 6 heteroatoms. The van der Waals surface area contributed by atoms with Crippen molar-refractivity contribution in [2.75, 3.05) is 6.54 Å². The van der Waals surface area contributed by atoms with E-state index < -0.39 is 0 Å². The van der Waals surface area contributed by atoms with Crippen LogP contribution in [0, 0.1) is 5.82 Å². The highest BCUT2D eigenvalue weighted by molar-refractivity contribution is 5.65. The summed E-state index contributed by atoms with van der Waals surface area (Å²) in [6.45, 7) is 0.864. The number of nitrogens with one attached hydrogen (secondary N) is 1. The number of halogens is 1. The third kappa shape index (κ3) is 2.52. The summed E-state index contributed by atoms with van der Waals surface area (Å²) in [6, 6.07) is 15.7. The van der Waals surface area contributed by atoms with Crippen molar-refractivity contribution in [3.63, 3.8) is 0 Å². The third-order valence-electron chi connectivity index (χ3n) is 4.92. The minimum atomic E-state index is -0.287. The summed E-state index contributed by atoms with van der Waals surface area (Å²) in [5, 5.41) is 3.94. The van der Waals surface area contributed by atoms with Gasteiger partial charge in [-0.2, -0.15) is 0 Å². The first kappa shape index (κ1) is 15.8. The third-order valence-corrected chi connectivity index (χ3v) is 4.92. The van der Waals surface area contributed by atoms with Crippen molar-refractivity contribution in [2.45, 2.75) is 12.8 Å². The molecule has 0 spiro atoms. The van der Waals surface area contributed by atoms with Crippen molar-refractivity contribution in [1.82, 2.24) is 19.5 Å². The van der Waals surface area contributed by atoms with Crippen LogP contribution in [-0.4, -0.2) is 20.7 Å². The largest absolute Gasteiger partial charge is 0.388 e. The predicted octanol–water partition coefficient (Wildman–Crippen LogP) is 2.50. The number of imidazole rings is 1. The fraction of sp³-hybridized carbons (Fsp3) is 0.143. The maximum absolute atomic E-state index is 13.3. The minimum absolute atomic E-state index is 0.0845. The highest BCUT2D eigenvalue weighted by atomic mass is 19.1. The van der Waals surface area contributed by atoms with Crippen molar-refractivity contribution in [3.05, 3.63) is 82.2 Å². The molecule has 0 unspecified atom stereocenters. The molecule has 1 N–H and O–H groups in total. The number of rotatable bonds is 2. The first-order valence-electron chi connectivity index (χ1n) is 8.95. The van der Waals surface area contributed by atoms with Crippen LogP contribution in [0.1, 0.15) is 12.8 Å². The number of hydrogen-bond acceptors (Lipinski definition) is 3. The fourth-order valence-electron chi connectivity index (χ4n) is 3.63. The number of aromatic nitrogens is 3. The molecule has 0 radical (unpaired) electrons. The summed E-state index contributed by atoms with van der Waals surface area (Å²) < 4.78 is 16.7. The smallest absolute Gasteiger partial charge is 0.283 e. The highest BCUT2D eigenvalue weighted by Crippen LogP contribution is 2.20. The Bertz CT molecular complexity index is 1230. The van der Waals surface area contributed by atoms with Crippen LogP contribution in [0.4, 0.5) is 4.39 Å². The van der Waals surface area contributed by atoms with Crippen LogP contribution < -0.4 is 16.1 Å². The zero-order chi connectivity index (χ0) is 18.4. The topological polar surface area (TPSA) is 51.3 Å². The SMILES string of the molecule is O=c1c(=C2CCCN2)c2nc(-c3ccc(F)cc3)cn2n1-c1ccccc1. The monoisotopic (exact) mass is 360 g/mol. The van der Waals surface area contributed by atoms with E-state index in [1.807, 2.05) is 36.5 Å². The van der Waals surface area contributed by atoms with E-state index in [4.69, 9.17) is 4.98 Å². The Labute approximate surface area is 154 Å². The van der Waals surface area contributed by atoms with Gasteiger partial charge in [-0.05, 0) is 49.2 Å². The summed E-state index contributed by atoms with van der Waals surface area (Å²) in [5.74, 6) is -0.287. The van der Waals surface area contributed by atoms with Gasteiger partial charge in [0, 0.05) is 17.8 Å². The molecule has 5 rings (SSSR count). The maximum Gasteiger partial charge on any atom is 0.283 e. The maximum atomic E-state index is 13.3. The van der Waals surface area contributed by atoms with Crippen LogP contribution in [0.3, 0.4) is 0 Å². The molecule has 0 aliphatic carbocycles. The molecule has 1 fully saturated rings. The quantitative estimate of drug-likeness (QED) is 0.598. The summed E-state index contributed by atoms with van der Waals surface area (Å²) in [5.41, 5.74) is 3.76. The van der Waals surface area contributed by atoms with E-state index in [-0.39, 0.29) is 11.4 Å². The zero-order valence-electron chi connectivity index (χ0n) is 14.5.